The molecule has 0 spiro atoms. The number of amides is 1. The highest BCUT2D eigenvalue weighted by Crippen LogP contribution is 2.26. The van der Waals surface area contributed by atoms with Crippen LogP contribution in [0, 0.1) is 11.6 Å². The predicted molar refractivity (Wildman–Crippen MR) is 76.5 cm³/mol. The Labute approximate surface area is 125 Å². The fourth-order valence-electron chi connectivity index (χ4n) is 1.59. The molecule has 2 aromatic rings. The molecule has 2 rings (SSSR count). The minimum atomic E-state index is -0.849. The quantitative estimate of drug-likeness (QED) is 0.926. The van der Waals surface area contributed by atoms with Crippen molar-refractivity contribution in [3.63, 3.8) is 0 Å². The van der Waals surface area contributed by atoms with Gasteiger partial charge in [0.1, 0.15) is 17.4 Å². The van der Waals surface area contributed by atoms with Crippen molar-refractivity contribution in [1.29, 1.82) is 0 Å². The lowest BCUT2D eigenvalue weighted by Crippen LogP contribution is -2.30. The number of hydrogen-bond acceptors (Lipinski definition) is 2. The largest absolute Gasteiger partial charge is 0.479 e. The van der Waals surface area contributed by atoms with Crippen LogP contribution in [0.5, 0.6) is 5.75 Å². The van der Waals surface area contributed by atoms with Crippen molar-refractivity contribution in [2.24, 2.45) is 0 Å². The van der Waals surface area contributed by atoms with Crippen molar-refractivity contribution in [2.45, 2.75) is 13.0 Å². The second-order valence-electron chi connectivity index (χ2n) is 4.33. The summed E-state index contributed by atoms with van der Waals surface area (Å²) in [4.78, 5) is 11.9. The zero-order chi connectivity index (χ0) is 15.4. The molecule has 21 heavy (non-hydrogen) atoms. The third kappa shape index (κ3) is 4.16. The Morgan fingerprint density at radius 2 is 1.76 bits per heavy atom. The van der Waals surface area contributed by atoms with Crippen LogP contribution in [-0.4, -0.2) is 12.0 Å². The minimum absolute atomic E-state index is 0.0800. The van der Waals surface area contributed by atoms with Gasteiger partial charge in [0.15, 0.2) is 6.10 Å². The first-order valence-corrected chi connectivity index (χ1v) is 6.51. The van der Waals surface area contributed by atoms with Crippen LogP contribution in [0.1, 0.15) is 6.92 Å². The van der Waals surface area contributed by atoms with Gasteiger partial charge in [0, 0.05) is 5.69 Å². The Kier molecular flexibility index (Phi) is 4.75. The lowest BCUT2D eigenvalue weighted by atomic mass is 10.3. The molecule has 1 unspecified atom stereocenters. The van der Waals surface area contributed by atoms with E-state index in [2.05, 4.69) is 5.32 Å². The average molecular weight is 312 g/mol. The molecule has 0 aliphatic rings. The molecule has 0 aliphatic carbocycles. The molecule has 110 valence electrons. The van der Waals surface area contributed by atoms with Gasteiger partial charge in [-0.3, -0.25) is 4.79 Å². The highest BCUT2D eigenvalue weighted by atomic mass is 35.5. The average Bonchev–Trinajstić information content (AvgIpc) is 2.44. The lowest BCUT2D eigenvalue weighted by Gasteiger charge is -2.15. The molecule has 0 aromatic heterocycles. The van der Waals surface area contributed by atoms with Crippen LogP contribution < -0.4 is 10.1 Å². The number of nitrogens with one attached hydrogen (secondary N) is 1. The Morgan fingerprint density at radius 1 is 1.14 bits per heavy atom. The maximum atomic E-state index is 12.9. The van der Waals surface area contributed by atoms with Crippen LogP contribution in [0.2, 0.25) is 5.02 Å². The first-order valence-electron chi connectivity index (χ1n) is 6.14. The highest BCUT2D eigenvalue weighted by Gasteiger charge is 2.16. The molecule has 0 fully saturated rings. The van der Waals surface area contributed by atoms with E-state index >= 15 is 0 Å². The maximum Gasteiger partial charge on any atom is 0.265 e. The van der Waals surface area contributed by atoms with Gasteiger partial charge < -0.3 is 10.1 Å². The number of carbonyl (C=O) groups excluding carboxylic acids is 1. The van der Waals surface area contributed by atoms with Crippen LogP contribution in [0.3, 0.4) is 0 Å². The van der Waals surface area contributed by atoms with E-state index in [1.165, 1.54) is 43.3 Å². The fraction of sp³-hybridized carbons (Fsp3) is 0.133. The van der Waals surface area contributed by atoms with Crippen LogP contribution in [0.4, 0.5) is 14.5 Å². The van der Waals surface area contributed by atoms with Crippen molar-refractivity contribution in [3.8, 4) is 5.75 Å². The van der Waals surface area contributed by atoms with Crippen molar-refractivity contribution >= 4 is 23.2 Å². The van der Waals surface area contributed by atoms with Gasteiger partial charge in [0.05, 0.1) is 5.02 Å². The van der Waals surface area contributed by atoms with Crippen molar-refractivity contribution in [3.05, 3.63) is 59.1 Å². The predicted octanol–water partition coefficient (Wildman–Crippen LogP) is 4.02. The van der Waals surface area contributed by atoms with E-state index in [4.69, 9.17) is 16.3 Å². The second-order valence-corrected chi connectivity index (χ2v) is 4.74. The van der Waals surface area contributed by atoms with Crippen molar-refractivity contribution in [2.75, 3.05) is 5.32 Å². The summed E-state index contributed by atoms with van der Waals surface area (Å²) in [6, 6.07) is 8.97. The van der Waals surface area contributed by atoms with Crippen molar-refractivity contribution < 1.29 is 18.3 Å². The summed E-state index contributed by atoms with van der Waals surface area (Å²) in [5, 5.41) is 2.65. The van der Waals surface area contributed by atoms with E-state index < -0.39 is 23.6 Å². The Morgan fingerprint density at radius 3 is 2.38 bits per heavy atom. The molecule has 1 amide bonds. The van der Waals surface area contributed by atoms with Crippen LogP contribution in [0.15, 0.2) is 42.5 Å². The molecule has 0 radical (unpaired) electrons. The third-order valence-electron chi connectivity index (χ3n) is 2.68. The highest BCUT2D eigenvalue weighted by molar-refractivity contribution is 6.32. The molecule has 6 heteroatoms. The standard InChI is InChI=1S/C15H12ClF2NO2/c1-9(21-14-7-4-11(18)8-13(14)16)15(20)19-12-5-2-10(17)3-6-12/h2-9H,1H3,(H,19,20). The Bertz CT molecular complexity index is 647. The summed E-state index contributed by atoms with van der Waals surface area (Å²) >= 11 is 5.82. The normalized spacial score (nSPS) is 11.8. The van der Waals surface area contributed by atoms with Crippen LogP contribution in [0.25, 0.3) is 0 Å². The van der Waals surface area contributed by atoms with Gasteiger partial charge in [0.25, 0.3) is 5.91 Å². The summed E-state index contributed by atoms with van der Waals surface area (Å²) in [5.74, 6) is -1.10. The van der Waals surface area contributed by atoms with Gasteiger partial charge in [-0.2, -0.15) is 0 Å². The second kappa shape index (κ2) is 6.54. The molecule has 0 aliphatic heterocycles. The SMILES string of the molecule is CC(Oc1ccc(F)cc1Cl)C(=O)Nc1ccc(F)cc1. The molecule has 0 heterocycles. The first kappa shape index (κ1) is 15.3. The number of benzene rings is 2. The number of anilines is 1. The fourth-order valence-corrected chi connectivity index (χ4v) is 1.80. The molecular weight excluding hydrogens is 300 g/mol. The summed E-state index contributed by atoms with van der Waals surface area (Å²) in [5.41, 5.74) is 0.446. The van der Waals surface area contributed by atoms with E-state index in [0.29, 0.717) is 5.69 Å². The Balaban J connectivity index is 2.00. The summed E-state index contributed by atoms with van der Waals surface area (Å²) in [6.45, 7) is 1.53. The number of halogens is 3. The number of carbonyl (C=O) groups is 1. The van der Waals surface area contributed by atoms with Crippen LogP contribution >= 0.6 is 11.6 Å². The zero-order valence-electron chi connectivity index (χ0n) is 11.1. The van der Waals surface area contributed by atoms with Gasteiger partial charge in [0.2, 0.25) is 0 Å². The minimum Gasteiger partial charge on any atom is -0.479 e. The monoisotopic (exact) mass is 311 g/mol. The van der Waals surface area contributed by atoms with E-state index in [9.17, 15) is 13.6 Å². The van der Waals surface area contributed by atoms with Gasteiger partial charge in [-0.1, -0.05) is 11.6 Å². The van der Waals surface area contributed by atoms with E-state index in [0.717, 1.165) is 6.07 Å². The number of ether oxygens (including phenoxy) is 1. The molecule has 3 nitrogen and oxygen atoms in total. The molecular formula is C15H12ClF2NO2. The zero-order valence-corrected chi connectivity index (χ0v) is 11.8. The molecule has 0 bridgehead atoms. The molecule has 0 saturated heterocycles. The molecule has 1 N–H and O–H groups in total. The molecule has 2 aromatic carbocycles. The summed E-state index contributed by atoms with van der Waals surface area (Å²) < 4.78 is 31.1. The molecule has 1 atom stereocenters. The van der Waals surface area contributed by atoms with Gasteiger partial charge in [-0.25, -0.2) is 8.78 Å². The number of rotatable bonds is 4. The third-order valence-corrected chi connectivity index (χ3v) is 2.97. The Hall–Kier alpha value is -2.14. The number of hydrogen-bond donors (Lipinski definition) is 1. The van der Waals surface area contributed by atoms with Gasteiger partial charge >= 0.3 is 0 Å². The topological polar surface area (TPSA) is 38.3 Å². The summed E-state index contributed by atoms with van der Waals surface area (Å²) in [6.07, 6.45) is -0.849. The van der Waals surface area contributed by atoms with Crippen LogP contribution in [-0.2, 0) is 4.79 Å². The first-order chi connectivity index (χ1) is 9.95. The lowest BCUT2D eigenvalue weighted by molar-refractivity contribution is -0.122. The summed E-state index contributed by atoms with van der Waals surface area (Å²) in [7, 11) is 0. The van der Waals surface area contributed by atoms with E-state index in [1.54, 1.807) is 0 Å². The maximum absolute atomic E-state index is 12.9. The smallest absolute Gasteiger partial charge is 0.265 e. The van der Waals surface area contributed by atoms with Gasteiger partial charge in [-0.05, 0) is 49.4 Å². The molecule has 0 saturated carbocycles. The van der Waals surface area contributed by atoms with E-state index in [1.807, 2.05) is 0 Å². The van der Waals surface area contributed by atoms with E-state index in [-0.39, 0.29) is 10.8 Å². The van der Waals surface area contributed by atoms with Gasteiger partial charge in [-0.15, -0.1) is 0 Å². The van der Waals surface area contributed by atoms with Crippen molar-refractivity contribution in [1.82, 2.24) is 0 Å².